The molecule has 1 aromatic rings. The van der Waals surface area contributed by atoms with Gasteiger partial charge < -0.3 is 23.7 Å². The second kappa shape index (κ2) is 8.26. The van der Waals surface area contributed by atoms with Crippen LogP contribution >= 0.6 is 0 Å². The second-order valence-corrected chi connectivity index (χ2v) is 7.18. The van der Waals surface area contributed by atoms with Crippen molar-refractivity contribution in [2.24, 2.45) is 0 Å². The summed E-state index contributed by atoms with van der Waals surface area (Å²) < 4.78 is 27.1. The van der Waals surface area contributed by atoms with Gasteiger partial charge >= 0.3 is 11.9 Å². The van der Waals surface area contributed by atoms with Crippen molar-refractivity contribution in [1.29, 1.82) is 0 Å². The third kappa shape index (κ3) is 3.87. The first-order valence-electron chi connectivity index (χ1n) is 9.28. The van der Waals surface area contributed by atoms with Gasteiger partial charge in [0, 0.05) is 32.2 Å². The van der Waals surface area contributed by atoms with Gasteiger partial charge in [0.15, 0.2) is 11.5 Å². The average Bonchev–Trinajstić information content (AvgIpc) is 2.84. The van der Waals surface area contributed by atoms with Crippen LogP contribution in [0.1, 0.15) is 36.5 Å². The van der Waals surface area contributed by atoms with Gasteiger partial charge in [-0.05, 0) is 19.2 Å². The minimum absolute atomic E-state index is 0.0559. The van der Waals surface area contributed by atoms with Crippen molar-refractivity contribution in [1.82, 2.24) is 4.90 Å². The van der Waals surface area contributed by atoms with Crippen LogP contribution < -0.4 is 14.2 Å². The minimum atomic E-state index is -0.447. The number of esters is 2. The molecule has 2 fully saturated rings. The highest BCUT2D eigenvalue weighted by molar-refractivity contribution is 5.91. The molecule has 4 atom stereocenters. The van der Waals surface area contributed by atoms with Crippen molar-refractivity contribution >= 4 is 11.9 Å². The maximum absolute atomic E-state index is 12.8. The Hall–Kier alpha value is -2.48. The molecule has 154 valence electrons. The van der Waals surface area contributed by atoms with E-state index in [-0.39, 0.29) is 30.3 Å². The second-order valence-electron chi connectivity index (χ2n) is 7.18. The molecule has 0 radical (unpaired) electrons. The highest BCUT2D eigenvalue weighted by Gasteiger charge is 2.47. The Morgan fingerprint density at radius 3 is 2.14 bits per heavy atom. The fraction of sp³-hybridized carbons (Fsp3) is 0.600. The molecule has 2 bridgehead atoms. The van der Waals surface area contributed by atoms with Gasteiger partial charge in [-0.3, -0.25) is 9.69 Å². The summed E-state index contributed by atoms with van der Waals surface area (Å²) in [4.78, 5) is 26.3. The summed E-state index contributed by atoms with van der Waals surface area (Å²) in [7, 11) is 6.52. The molecule has 1 aromatic carbocycles. The number of rotatable bonds is 6. The Kier molecular flexibility index (Phi) is 5.98. The number of carbonyl (C=O) groups is 2. The molecule has 0 aliphatic carbocycles. The van der Waals surface area contributed by atoms with Crippen LogP contribution in [0, 0.1) is 0 Å². The van der Waals surface area contributed by atoms with Crippen LogP contribution in [0.3, 0.4) is 0 Å². The lowest BCUT2D eigenvalue weighted by molar-refractivity contribution is -0.147. The van der Waals surface area contributed by atoms with Gasteiger partial charge in [0.1, 0.15) is 12.2 Å². The molecule has 2 aliphatic rings. The predicted molar refractivity (Wildman–Crippen MR) is 100 cm³/mol. The van der Waals surface area contributed by atoms with Gasteiger partial charge in [-0.25, -0.2) is 4.79 Å². The molecule has 2 saturated heterocycles. The summed E-state index contributed by atoms with van der Waals surface area (Å²) in [6, 6.07) is 3.44. The van der Waals surface area contributed by atoms with Gasteiger partial charge in [0.2, 0.25) is 5.75 Å². The molecular weight excluding hydrogens is 366 g/mol. The number of nitrogens with zero attached hydrogens (tertiary/aromatic N) is 1. The first kappa shape index (κ1) is 20.3. The predicted octanol–water partition coefficient (Wildman–Crippen LogP) is 2.04. The number of carbonyl (C=O) groups excluding carboxylic acids is 2. The third-order valence-electron chi connectivity index (χ3n) is 5.56. The van der Waals surface area contributed by atoms with E-state index in [0.717, 1.165) is 6.42 Å². The van der Waals surface area contributed by atoms with Gasteiger partial charge in [-0.1, -0.05) is 0 Å². The average molecular weight is 393 g/mol. The van der Waals surface area contributed by atoms with Gasteiger partial charge in [0.05, 0.1) is 32.9 Å². The van der Waals surface area contributed by atoms with Crippen molar-refractivity contribution < 1.29 is 33.3 Å². The summed E-state index contributed by atoms with van der Waals surface area (Å²) >= 11 is 0. The van der Waals surface area contributed by atoms with E-state index in [9.17, 15) is 9.59 Å². The maximum atomic E-state index is 12.8. The van der Waals surface area contributed by atoms with Crippen LogP contribution in [-0.4, -0.2) is 69.5 Å². The van der Waals surface area contributed by atoms with E-state index in [0.29, 0.717) is 35.7 Å². The van der Waals surface area contributed by atoms with E-state index in [1.807, 2.05) is 7.05 Å². The molecule has 0 amide bonds. The quantitative estimate of drug-likeness (QED) is 0.679. The Morgan fingerprint density at radius 1 is 0.964 bits per heavy atom. The minimum Gasteiger partial charge on any atom is -0.493 e. The monoisotopic (exact) mass is 393 g/mol. The van der Waals surface area contributed by atoms with Crippen LogP contribution in [0.15, 0.2) is 12.1 Å². The molecule has 0 N–H and O–H groups in total. The van der Waals surface area contributed by atoms with Crippen molar-refractivity contribution in [3.63, 3.8) is 0 Å². The summed E-state index contributed by atoms with van der Waals surface area (Å²) in [6.07, 6.45) is 1.71. The van der Waals surface area contributed by atoms with E-state index >= 15 is 0 Å². The van der Waals surface area contributed by atoms with Crippen LogP contribution in [0.25, 0.3) is 0 Å². The van der Waals surface area contributed by atoms with E-state index < -0.39 is 5.97 Å². The number of hydrogen-bond acceptors (Lipinski definition) is 8. The Balaban J connectivity index is 1.73. The van der Waals surface area contributed by atoms with Gasteiger partial charge in [-0.2, -0.15) is 0 Å². The van der Waals surface area contributed by atoms with E-state index in [1.165, 1.54) is 28.3 Å². The lowest BCUT2D eigenvalue weighted by atomic mass is 10.00. The van der Waals surface area contributed by atoms with Crippen molar-refractivity contribution in [3.05, 3.63) is 17.7 Å². The van der Waals surface area contributed by atoms with Gasteiger partial charge in [-0.15, -0.1) is 0 Å². The number of likely N-dealkylation sites (N-methyl/N-ethyl adjacent to an activating group) is 1. The van der Waals surface area contributed by atoms with Crippen LogP contribution in [-0.2, 0) is 14.3 Å². The molecule has 0 saturated carbocycles. The van der Waals surface area contributed by atoms with Crippen molar-refractivity contribution in [2.75, 3.05) is 28.4 Å². The number of piperidine rings is 1. The number of methoxy groups -OCH3 is 3. The first-order valence-corrected chi connectivity index (χ1v) is 9.28. The molecule has 2 heterocycles. The van der Waals surface area contributed by atoms with Crippen LogP contribution in [0.2, 0.25) is 0 Å². The first-order chi connectivity index (χ1) is 13.4. The summed E-state index contributed by atoms with van der Waals surface area (Å²) in [6.45, 7) is 1.42. The number of hydrogen-bond donors (Lipinski definition) is 0. The van der Waals surface area contributed by atoms with Crippen LogP contribution in [0.4, 0.5) is 0 Å². The number of fused-ring (bicyclic) bond motifs is 2. The molecule has 0 unspecified atom stereocenters. The van der Waals surface area contributed by atoms with Crippen molar-refractivity contribution in [3.8, 4) is 17.2 Å². The zero-order chi connectivity index (χ0) is 20.4. The lowest BCUT2D eigenvalue weighted by Gasteiger charge is -2.36. The number of ether oxygens (including phenoxy) is 5. The van der Waals surface area contributed by atoms with Gasteiger partial charge in [0.25, 0.3) is 0 Å². The highest BCUT2D eigenvalue weighted by Crippen LogP contribution is 2.40. The molecule has 8 nitrogen and oxygen atoms in total. The summed E-state index contributed by atoms with van der Waals surface area (Å²) in [5, 5.41) is 0. The molecule has 0 aromatic heterocycles. The molecule has 0 spiro atoms. The zero-order valence-corrected chi connectivity index (χ0v) is 16.9. The molecule has 3 rings (SSSR count). The van der Waals surface area contributed by atoms with E-state index in [4.69, 9.17) is 23.7 Å². The van der Waals surface area contributed by atoms with Crippen LogP contribution in [0.5, 0.6) is 17.2 Å². The van der Waals surface area contributed by atoms with E-state index in [1.54, 1.807) is 12.1 Å². The normalized spacial score (nSPS) is 26.5. The third-order valence-corrected chi connectivity index (χ3v) is 5.56. The topological polar surface area (TPSA) is 83.5 Å². The largest absolute Gasteiger partial charge is 0.493 e. The molecule has 2 aliphatic heterocycles. The SMILES string of the molecule is COc1cc(C(=O)O[C@@H]2C[C@@H]3C[C@@H](OC(C)=O)[C@H](C2)N3C)cc(OC)c1OC. The fourth-order valence-corrected chi connectivity index (χ4v) is 4.23. The molecule has 28 heavy (non-hydrogen) atoms. The highest BCUT2D eigenvalue weighted by atomic mass is 16.6. The molecule has 8 heteroatoms. The van der Waals surface area contributed by atoms with Crippen molar-refractivity contribution in [2.45, 2.75) is 50.5 Å². The standard InChI is InChI=1S/C20H27NO7/c1-11(22)27-16-9-13-8-14(10-15(16)21(13)2)28-20(23)12-6-17(24-3)19(26-5)18(7-12)25-4/h6-7,13-16H,8-10H2,1-5H3/t13-,14-,15+,16-/m1/s1. The fourth-order valence-electron chi connectivity index (χ4n) is 4.23. The number of benzene rings is 1. The summed E-state index contributed by atoms with van der Waals surface area (Å²) in [5.41, 5.74) is 0.331. The lowest BCUT2D eigenvalue weighted by Crippen LogP contribution is -2.46. The molecular formula is C20H27NO7. The maximum Gasteiger partial charge on any atom is 0.338 e. The Labute approximate surface area is 164 Å². The Bertz CT molecular complexity index is 725. The van der Waals surface area contributed by atoms with E-state index in [2.05, 4.69) is 4.90 Å². The summed E-state index contributed by atoms with van der Waals surface area (Å²) in [5.74, 6) is 0.483. The zero-order valence-electron chi connectivity index (χ0n) is 16.9. The smallest absolute Gasteiger partial charge is 0.338 e. The Morgan fingerprint density at radius 2 is 1.61 bits per heavy atom.